The number of rotatable bonds is 6. The highest BCUT2D eigenvalue weighted by atomic mass is 19.1. The number of halogens is 1. The van der Waals surface area contributed by atoms with E-state index in [9.17, 15) is 14.3 Å². The molecule has 2 saturated heterocycles. The number of anilines is 1. The number of ether oxygens (including phenoxy) is 2. The average Bonchev–Trinajstić information content (AvgIpc) is 2.90. The Kier molecular flexibility index (Phi) is 5.62. The molecular formula is C26H28FN5O4. The fraction of sp³-hybridized carbons (Fsp3) is 0.462. The Balaban J connectivity index is 1.13. The van der Waals surface area contributed by atoms with Crippen LogP contribution in [-0.4, -0.2) is 56.4 Å². The summed E-state index contributed by atoms with van der Waals surface area (Å²) in [5.41, 5.74) is 2.75. The summed E-state index contributed by atoms with van der Waals surface area (Å²) in [6.07, 6.45) is 5.07. The van der Waals surface area contributed by atoms with Crippen molar-refractivity contribution in [2.75, 3.05) is 18.5 Å². The van der Waals surface area contributed by atoms with Gasteiger partial charge in [-0.15, -0.1) is 0 Å². The lowest BCUT2D eigenvalue weighted by molar-refractivity contribution is -0.208. The molecule has 9 nitrogen and oxygen atoms in total. The molecule has 3 fully saturated rings. The zero-order valence-corrected chi connectivity index (χ0v) is 20.0. The van der Waals surface area contributed by atoms with E-state index in [1.807, 2.05) is 25.1 Å². The van der Waals surface area contributed by atoms with Crippen molar-refractivity contribution in [2.45, 2.75) is 62.8 Å². The smallest absolute Gasteiger partial charge is 0.262 e. The molecule has 3 aliphatic heterocycles. The molecule has 7 rings (SSSR count). The van der Waals surface area contributed by atoms with E-state index in [4.69, 9.17) is 9.47 Å². The lowest BCUT2D eigenvalue weighted by atomic mass is 9.68. The molecule has 3 aromatic rings. The quantitative estimate of drug-likeness (QED) is 0.480. The first-order chi connectivity index (χ1) is 17.3. The van der Waals surface area contributed by atoms with E-state index in [2.05, 4.69) is 25.6 Å². The topological polar surface area (TPSA) is 118 Å². The summed E-state index contributed by atoms with van der Waals surface area (Å²) < 4.78 is 26.4. The van der Waals surface area contributed by atoms with Gasteiger partial charge in [0.05, 0.1) is 53.1 Å². The third kappa shape index (κ3) is 4.08. The summed E-state index contributed by atoms with van der Waals surface area (Å²) in [6, 6.07) is 5.48. The van der Waals surface area contributed by atoms with Crippen LogP contribution in [0, 0.1) is 12.7 Å². The van der Waals surface area contributed by atoms with E-state index in [1.165, 1.54) is 6.20 Å². The summed E-state index contributed by atoms with van der Waals surface area (Å²) in [7, 11) is 0. The van der Waals surface area contributed by atoms with E-state index in [-0.39, 0.29) is 24.5 Å². The van der Waals surface area contributed by atoms with E-state index in [1.54, 1.807) is 6.20 Å². The summed E-state index contributed by atoms with van der Waals surface area (Å²) in [4.78, 5) is 24.7. The first-order valence-corrected chi connectivity index (χ1v) is 12.2. The summed E-state index contributed by atoms with van der Waals surface area (Å²) >= 11 is 0. The zero-order valence-electron chi connectivity index (χ0n) is 20.0. The molecule has 1 unspecified atom stereocenters. The van der Waals surface area contributed by atoms with Crippen molar-refractivity contribution in [2.24, 2.45) is 0 Å². The van der Waals surface area contributed by atoms with Crippen molar-refractivity contribution < 1.29 is 23.8 Å². The van der Waals surface area contributed by atoms with Gasteiger partial charge in [0.2, 0.25) is 0 Å². The van der Waals surface area contributed by atoms with Gasteiger partial charge in [0.25, 0.3) is 5.91 Å². The van der Waals surface area contributed by atoms with Crippen LogP contribution in [0.2, 0.25) is 0 Å². The third-order valence-corrected chi connectivity index (χ3v) is 7.80. The molecule has 6 heterocycles. The van der Waals surface area contributed by atoms with E-state index in [0.29, 0.717) is 54.0 Å². The molecule has 1 amide bonds. The summed E-state index contributed by atoms with van der Waals surface area (Å²) in [5.74, 6) is -0.0739. The Labute approximate surface area is 207 Å². The number of fused-ring (bicyclic) bond motifs is 5. The van der Waals surface area contributed by atoms with Crippen molar-refractivity contribution in [1.82, 2.24) is 20.3 Å². The van der Waals surface area contributed by atoms with Crippen LogP contribution in [-0.2, 0) is 22.5 Å². The number of aliphatic hydroxyl groups is 1. The molecule has 1 saturated carbocycles. The van der Waals surface area contributed by atoms with Crippen LogP contribution in [0.5, 0.6) is 5.75 Å². The molecular weight excluding hydrogens is 465 g/mol. The van der Waals surface area contributed by atoms with Gasteiger partial charge in [-0.1, -0.05) is 0 Å². The van der Waals surface area contributed by atoms with Gasteiger partial charge in [0.1, 0.15) is 5.82 Å². The van der Waals surface area contributed by atoms with Crippen LogP contribution in [0.25, 0.3) is 11.0 Å². The monoisotopic (exact) mass is 493 g/mol. The molecule has 3 N–H and O–H groups in total. The molecule has 1 aliphatic carbocycles. The highest BCUT2D eigenvalue weighted by Crippen LogP contribution is 2.46. The Bertz CT molecular complexity index is 1320. The van der Waals surface area contributed by atoms with Crippen LogP contribution in [0.1, 0.15) is 42.6 Å². The largest absolute Gasteiger partial charge is 0.480 e. The van der Waals surface area contributed by atoms with E-state index in [0.717, 1.165) is 24.2 Å². The second-order valence-electron chi connectivity index (χ2n) is 10.1. The van der Waals surface area contributed by atoms with Gasteiger partial charge < -0.3 is 25.2 Å². The van der Waals surface area contributed by atoms with Crippen molar-refractivity contribution in [3.63, 3.8) is 0 Å². The lowest BCUT2D eigenvalue weighted by Gasteiger charge is -2.55. The standard InChI is InChI=1S/C26H28FN5O4/c1-15-2-3-19-24(31-15)17(18(27)11-29-19)9-22(33)26-6-4-25(5-7-26,14-36-26)30-10-16-8-20-21(12-28-16)35-13-23(34)32-20/h2-3,8,11-12,22,30,33H,4-7,9-10,13-14H2,1H3,(H,32,34). The highest BCUT2D eigenvalue weighted by molar-refractivity contribution is 5.95. The fourth-order valence-corrected chi connectivity index (χ4v) is 5.55. The molecule has 3 aromatic heterocycles. The van der Waals surface area contributed by atoms with Crippen LogP contribution in [0.4, 0.5) is 10.1 Å². The van der Waals surface area contributed by atoms with Crippen molar-refractivity contribution in [3.8, 4) is 5.75 Å². The van der Waals surface area contributed by atoms with Crippen molar-refractivity contribution in [3.05, 3.63) is 53.4 Å². The number of nitrogens with zero attached hydrogens (tertiary/aromatic N) is 3. The maximum absolute atomic E-state index is 14.8. The van der Waals surface area contributed by atoms with Gasteiger partial charge >= 0.3 is 0 Å². The predicted molar refractivity (Wildman–Crippen MR) is 129 cm³/mol. The van der Waals surface area contributed by atoms with Crippen LogP contribution in [0.15, 0.2) is 30.6 Å². The highest BCUT2D eigenvalue weighted by Gasteiger charge is 2.53. The summed E-state index contributed by atoms with van der Waals surface area (Å²) in [6.45, 7) is 2.82. The van der Waals surface area contributed by atoms with Crippen LogP contribution >= 0.6 is 0 Å². The van der Waals surface area contributed by atoms with Gasteiger partial charge in [-0.2, -0.15) is 0 Å². The maximum atomic E-state index is 14.8. The van der Waals surface area contributed by atoms with Crippen LogP contribution in [0.3, 0.4) is 0 Å². The van der Waals surface area contributed by atoms with E-state index >= 15 is 0 Å². The zero-order chi connectivity index (χ0) is 24.9. The molecule has 2 bridgehead atoms. The van der Waals surface area contributed by atoms with Crippen molar-refractivity contribution >= 4 is 22.6 Å². The number of carbonyl (C=O) groups excluding carboxylic acids is 1. The number of nitrogens with one attached hydrogen (secondary N) is 2. The molecule has 1 atom stereocenters. The minimum atomic E-state index is -0.857. The van der Waals surface area contributed by atoms with Gasteiger partial charge in [0.15, 0.2) is 12.4 Å². The first kappa shape index (κ1) is 23.2. The van der Waals surface area contributed by atoms with Gasteiger partial charge in [-0.3, -0.25) is 19.7 Å². The first-order valence-electron chi connectivity index (χ1n) is 12.2. The minimum absolute atomic E-state index is 0.000503. The number of aromatic nitrogens is 3. The van der Waals surface area contributed by atoms with Gasteiger partial charge in [-0.05, 0) is 50.8 Å². The van der Waals surface area contributed by atoms with Crippen molar-refractivity contribution in [1.29, 1.82) is 0 Å². The number of aryl methyl sites for hydroxylation is 1. The third-order valence-electron chi connectivity index (χ3n) is 7.80. The molecule has 0 aromatic carbocycles. The number of amides is 1. The second kappa shape index (κ2) is 8.72. The SMILES string of the molecule is Cc1ccc2ncc(F)c(CC(O)C34CCC(NCc5cc6c(cn5)OCC(=O)N6)(CC3)CO4)c2n1. The average molecular weight is 494 g/mol. The molecule has 0 radical (unpaired) electrons. The number of carbonyl (C=O) groups is 1. The van der Waals surface area contributed by atoms with Gasteiger partial charge in [0, 0.05) is 29.8 Å². The minimum Gasteiger partial charge on any atom is -0.480 e. The molecule has 188 valence electrons. The lowest BCUT2D eigenvalue weighted by Crippen LogP contribution is -2.65. The number of aliphatic hydroxyl groups excluding tert-OH is 1. The summed E-state index contributed by atoms with van der Waals surface area (Å²) in [5, 5.41) is 17.7. The molecule has 0 spiro atoms. The normalized spacial score (nSPS) is 25.8. The van der Waals surface area contributed by atoms with Crippen LogP contribution < -0.4 is 15.4 Å². The molecule has 36 heavy (non-hydrogen) atoms. The Morgan fingerprint density at radius 3 is 2.83 bits per heavy atom. The maximum Gasteiger partial charge on any atom is 0.262 e. The van der Waals surface area contributed by atoms with E-state index < -0.39 is 17.5 Å². The number of hydrogen-bond donors (Lipinski definition) is 3. The molecule has 10 heteroatoms. The number of hydrogen-bond acceptors (Lipinski definition) is 8. The Morgan fingerprint density at radius 1 is 1.22 bits per heavy atom. The second-order valence-corrected chi connectivity index (χ2v) is 10.1. The molecule has 4 aliphatic rings. The predicted octanol–water partition coefficient (Wildman–Crippen LogP) is 2.58. The van der Waals surface area contributed by atoms with Gasteiger partial charge in [-0.25, -0.2) is 4.39 Å². The Morgan fingerprint density at radius 2 is 2.06 bits per heavy atom. The fourth-order valence-electron chi connectivity index (χ4n) is 5.55. The Hall–Kier alpha value is -3.21. The number of pyridine rings is 3.